The Balaban J connectivity index is 2.44. The fourth-order valence-electron chi connectivity index (χ4n) is 1.33. The number of anilines is 1. The fourth-order valence-corrected chi connectivity index (χ4v) is 2.86. The minimum Gasteiger partial charge on any atom is -0.396 e. The Morgan fingerprint density at radius 1 is 1.32 bits per heavy atom. The molecule has 0 aliphatic carbocycles. The van der Waals surface area contributed by atoms with Crippen LogP contribution in [0.5, 0.6) is 0 Å². The summed E-state index contributed by atoms with van der Waals surface area (Å²) >= 11 is 4.13. The average molecular weight is 342 g/mol. The average Bonchev–Trinajstić information content (AvgIpc) is 2.41. The molecule has 2 N–H and O–H groups in total. The van der Waals surface area contributed by atoms with Crippen LogP contribution in [0.15, 0.2) is 38.7 Å². The molecule has 0 unspecified atom stereocenters. The zero-order valence-electron chi connectivity index (χ0n) is 9.32. The van der Waals surface area contributed by atoms with E-state index in [0.717, 1.165) is 11.8 Å². The van der Waals surface area contributed by atoms with Crippen molar-refractivity contribution in [3.63, 3.8) is 0 Å². The van der Waals surface area contributed by atoms with Gasteiger partial charge in [-0.1, -0.05) is 18.3 Å². The number of nitrogens with zero attached hydrogens (tertiary/aromatic N) is 2. The van der Waals surface area contributed by atoms with E-state index in [-0.39, 0.29) is 16.4 Å². The van der Waals surface area contributed by atoms with Crippen molar-refractivity contribution in [2.75, 3.05) is 5.73 Å². The Hall–Kier alpha value is -1.65. The van der Waals surface area contributed by atoms with Gasteiger partial charge >= 0.3 is 0 Å². The highest BCUT2D eigenvalue weighted by Gasteiger charge is 2.17. The van der Waals surface area contributed by atoms with Crippen molar-refractivity contribution in [1.82, 2.24) is 4.98 Å². The molecular weight excluding hydrogens is 336 g/mol. The molecule has 0 atom stereocenters. The molecule has 1 aromatic carbocycles. The highest BCUT2D eigenvalue weighted by atomic mass is 79.9. The van der Waals surface area contributed by atoms with Crippen LogP contribution >= 0.6 is 27.7 Å². The summed E-state index contributed by atoms with van der Waals surface area (Å²) in [4.78, 5) is 7.65. The van der Waals surface area contributed by atoms with Gasteiger partial charge < -0.3 is 10.6 Å². The lowest BCUT2D eigenvalue weighted by atomic mass is 10.3. The normalized spacial score (nSPS) is 10.2. The third-order valence-corrected chi connectivity index (χ3v) is 4.18. The van der Waals surface area contributed by atoms with E-state index >= 15 is 0 Å². The number of rotatable bonds is 2. The van der Waals surface area contributed by atoms with E-state index in [4.69, 9.17) is 12.3 Å². The van der Waals surface area contributed by atoms with E-state index in [9.17, 15) is 8.78 Å². The second kappa shape index (κ2) is 5.55. The number of nitrogens with two attached hydrogens (primary N) is 1. The zero-order valence-corrected chi connectivity index (χ0v) is 11.7. The maximum absolute atomic E-state index is 13.8. The minimum atomic E-state index is -1.08. The lowest BCUT2D eigenvalue weighted by molar-refractivity contribution is 0.493. The Kier molecular flexibility index (Phi) is 4.02. The lowest BCUT2D eigenvalue weighted by Crippen LogP contribution is -1.97. The maximum Gasteiger partial charge on any atom is 0.270 e. The molecule has 0 spiro atoms. The molecule has 96 valence electrons. The number of pyridine rings is 1. The second-order valence-corrected chi connectivity index (χ2v) is 5.41. The van der Waals surface area contributed by atoms with Gasteiger partial charge in [-0.05, 0) is 34.1 Å². The molecule has 0 saturated heterocycles. The number of aromatic nitrogens is 1. The zero-order chi connectivity index (χ0) is 14.0. The Bertz CT molecular complexity index is 685. The van der Waals surface area contributed by atoms with Crippen LogP contribution in [0.1, 0.15) is 0 Å². The summed E-state index contributed by atoms with van der Waals surface area (Å²) in [6.45, 7) is 6.86. The molecular formula is C12H6BrF2N3S. The molecule has 0 aliphatic heterocycles. The highest BCUT2D eigenvalue weighted by Crippen LogP contribution is 2.38. The van der Waals surface area contributed by atoms with Crippen molar-refractivity contribution in [3.8, 4) is 0 Å². The first-order valence-electron chi connectivity index (χ1n) is 4.97. The van der Waals surface area contributed by atoms with Crippen molar-refractivity contribution < 1.29 is 8.78 Å². The topological polar surface area (TPSA) is 43.3 Å². The van der Waals surface area contributed by atoms with E-state index in [1.165, 1.54) is 18.3 Å². The van der Waals surface area contributed by atoms with Crippen LogP contribution < -0.4 is 5.73 Å². The van der Waals surface area contributed by atoms with E-state index in [1.54, 1.807) is 6.07 Å². The van der Waals surface area contributed by atoms with Crippen molar-refractivity contribution in [1.29, 1.82) is 0 Å². The number of halogens is 3. The van der Waals surface area contributed by atoms with E-state index < -0.39 is 11.6 Å². The molecule has 19 heavy (non-hydrogen) atoms. The van der Waals surface area contributed by atoms with Gasteiger partial charge in [0.2, 0.25) is 0 Å². The lowest BCUT2D eigenvalue weighted by Gasteiger charge is -2.08. The monoisotopic (exact) mass is 341 g/mol. The van der Waals surface area contributed by atoms with E-state index in [0.29, 0.717) is 9.37 Å². The van der Waals surface area contributed by atoms with E-state index in [1.807, 2.05) is 0 Å². The molecule has 7 heteroatoms. The van der Waals surface area contributed by atoms with Crippen LogP contribution in [0.3, 0.4) is 0 Å². The van der Waals surface area contributed by atoms with Gasteiger partial charge in [-0.2, -0.15) is 0 Å². The quantitative estimate of drug-likeness (QED) is 0.500. The molecule has 2 rings (SSSR count). The minimum absolute atomic E-state index is 0.0776. The van der Waals surface area contributed by atoms with Gasteiger partial charge in [-0.3, -0.25) is 0 Å². The molecule has 0 saturated carbocycles. The molecule has 1 heterocycles. The number of hydrogen-bond donors (Lipinski definition) is 1. The summed E-state index contributed by atoms with van der Waals surface area (Å²) in [5, 5.41) is 0. The van der Waals surface area contributed by atoms with Gasteiger partial charge in [-0.15, -0.1) is 4.98 Å². The third kappa shape index (κ3) is 2.85. The molecule has 0 fully saturated rings. The largest absolute Gasteiger partial charge is 0.396 e. The second-order valence-electron chi connectivity index (χ2n) is 3.47. The van der Waals surface area contributed by atoms with Gasteiger partial charge in [0.15, 0.2) is 11.6 Å². The highest BCUT2D eigenvalue weighted by molar-refractivity contribution is 9.10. The predicted molar refractivity (Wildman–Crippen MR) is 73.1 cm³/mol. The number of benzene rings is 1. The SMILES string of the molecule is [C-]#[N+]c1cc(Sc2c(Br)cc(N)c(F)c2F)ccn1. The summed E-state index contributed by atoms with van der Waals surface area (Å²) in [6.07, 6.45) is 1.44. The molecule has 0 radical (unpaired) electrons. The third-order valence-electron chi connectivity index (χ3n) is 2.20. The molecule has 1 aromatic heterocycles. The van der Waals surface area contributed by atoms with Gasteiger partial charge in [-0.25, -0.2) is 8.78 Å². The van der Waals surface area contributed by atoms with Crippen molar-refractivity contribution >= 4 is 39.2 Å². The van der Waals surface area contributed by atoms with Crippen LogP contribution in [0.25, 0.3) is 4.85 Å². The number of hydrogen-bond acceptors (Lipinski definition) is 3. The Labute approximate surface area is 120 Å². The van der Waals surface area contributed by atoms with Crippen LogP contribution in [0.2, 0.25) is 0 Å². The van der Waals surface area contributed by atoms with Crippen LogP contribution in [-0.4, -0.2) is 4.98 Å². The summed E-state index contributed by atoms with van der Waals surface area (Å²) < 4.78 is 27.6. The van der Waals surface area contributed by atoms with E-state index in [2.05, 4.69) is 25.8 Å². The van der Waals surface area contributed by atoms with Crippen LogP contribution in [0, 0.1) is 18.2 Å². The molecule has 0 aliphatic rings. The molecule has 3 nitrogen and oxygen atoms in total. The van der Waals surface area contributed by atoms with Crippen molar-refractivity contribution in [3.05, 3.63) is 51.9 Å². The summed E-state index contributed by atoms with van der Waals surface area (Å²) in [7, 11) is 0. The Morgan fingerprint density at radius 3 is 2.74 bits per heavy atom. The first kappa shape index (κ1) is 13.8. The Morgan fingerprint density at radius 2 is 2.05 bits per heavy atom. The molecule has 2 aromatic rings. The van der Waals surface area contributed by atoms with Crippen molar-refractivity contribution in [2.45, 2.75) is 9.79 Å². The van der Waals surface area contributed by atoms with Crippen LogP contribution in [-0.2, 0) is 0 Å². The predicted octanol–water partition coefficient (Wildman–Crippen LogP) is 4.41. The standard InChI is InChI=1S/C12H6BrF2N3S/c1-17-9-4-6(2-3-18-9)19-12-7(13)5-8(16)10(14)11(12)15/h2-5H,16H2. The maximum atomic E-state index is 13.8. The summed E-state index contributed by atoms with van der Waals surface area (Å²) in [5.41, 5.74) is 5.07. The smallest absolute Gasteiger partial charge is 0.270 e. The fraction of sp³-hybridized carbons (Fsp3) is 0. The first-order chi connectivity index (χ1) is 9.02. The first-order valence-corrected chi connectivity index (χ1v) is 6.58. The van der Waals surface area contributed by atoms with Gasteiger partial charge in [0.25, 0.3) is 5.82 Å². The number of nitrogen functional groups attached to an aromatic ring is 1. The molecule has 0 amide bonds. The molecule has 0 bridgehead atoms. The van der Waals surface area contributed by atoms with Crippen LogP contribution in [0.4, 0.5) is 20.3 Å². The van der Waals surface area contributed by atoms with Gasteiger partial charge in [0, 0.05) is 9.37 Å². The summed E-state index contributed by atoms with van der Waals surface area (Å²) in [6, 6.07) is 4.41. The van der Waals surface area contributed by atoms with Gasteiger partial charge in [0.05, 0.1) is 10.6 Å². The van der Waals surface area contributed by atoms with Crippen molar-refractivity contribution in [2.24, 2.45) is 0 Å². The summed E-state index contributed by atoms with van der Waals surface area (Å²) in [5.74, 6) is -1.90. The van der Waals surface area contributed by atoms with Gasteiger partial charge in [0.1, 0.15) is 6.20 Å².